The number of carbonyl (C=O) groups is 2. The van der Waals surface area contributed by atoms with Crippen molar-refractivity contribution in [1.29, 1.82) is 0 Å². The van der Waals surface area contributed by atoms with Crippen molar-refractivity contribution in [3.8, 4) is 0 Å². The molecule has 14 heteroatoms. The SMILES string of the molecule is C=CC(=O)OC(OCC(F)(F)S(=O)(=O)O)(C(=O)NC)C(F)(F)F. The molecule has 0 aromatic heterocycles. The molecule has 0 spiro atoms. The third kappa shape index (κ3) is 4.59. The number of amides is 1. The van der Waals surface area contributed by atoms with Crippen LogP contribution in [0.3, 0.4) is 0 Å². The summed E-state index contributed by atoms with van der Waals surface area (Å²) in [4.78, 5) is 22.3. The van der Waals surface area contributed by atoms with Crippen LogP contribution in [0.25, 0.3) is 0 Å². The number of esters is 1. The van der Waals surface area contributed by atoms with E-state index in [4.69, 9.17) is 4.55 Å². The van der Waals surface area contributed by atoms with Gasteiger partial charge in [-0.2, -0.15) is 30.4 Å². The minimum atomic E-state index is -6.15. The average Bonchev–Trinajstić information content (AvgIpc) is 2.39. The molecule has 0 aromatic carbocycles. The first-order valence-electron chi connectivity index (χ1n) is 5.27. The Labute approximate surface area is 126 Å². The first kappa shape index (κ1) is 21.2. The Bertz CT molecular complexity index is 588. The maximum absolute atomic E-state index is 13.0. The fourth-order valence-electron chi connectivity index (χ4n) is 1.02. The zero-order chi connectivity index (χ0) is 18.7. The van der Waals surface area contributed by atoms with Crippen molar-refractivity contribution < 1.29 is 54.0 Å². The van der Waals surface area contributed by atoms with Crippen molar-refractivity contribution in [1.82, 2.24) is 5.32 Å². The number of ether oxygens (including phenoxy) is 2. The number of hydrogen-bond acceptors (Lipinski definition) is 6. The van der Waals surface area contributed by atoms with Gasteiger partial charge in [-0.05, 0) is 0 Å². The molecule has 1 amide bonds. The fourth-order valence-corrected chi connectivity index (χ4v) is 1.23. The number of likely N-dealkylation sites (N-methyl/N-ethyl adjacent to an activating group) is 1. The van der Waals surface area contributed by atoms with Crippen LogP contribution in [-0.4, -0.2) is 55.7 Å². The minimum absolute atomic E-state index is 0.174. The van der Waals surface area contributed by atoms with Gasteiger partial charge in [-0.25, -0.2) is 4.79 Å². The normalized spacial score (nSPS) is 15.4. The third-order valence-electron chi connectivity index (χ3n) is 2.13. The molecular weight excluding hydrogens is 361 g/mol. The number of rotatable bonds is 7. The molecule has 0 aromatic rings. The van der Waals surface area contributed by atoms with Gasteiger partial charge in [0.1, 0.15) is 6.61 Å². The molecule has 0 saturated heterocycles. The van der Waals surface area contributed by atoms with Gasteiger partial charge in [-0.3, -0.25) is 9.35 Å². The summed E-state index contributed by atoms with van der Waals surface area (Å²) in [6, 6.07) is 0. The van der Waals surface area contributed by atoms with Gasteiger partial charge in [-0.15, -0.1) is 0 Å². The van der Waals surface area contributed by atoms with E-state index in [1.165, 1.54) is 5.32 Å². The second-order valence-corrected chi connectivity index (χ2v) is 5.27. The summed E-state index contributed by atoms with van der Waals surface area (Å²) >= 11 is 0. The van der Waals surface area contributed by atoms with E-state index in [1.54, 1.807) is 0 Å². The third-order valence-corrected chi connectivity index (χ3v) is 3.00. The van der Waals surface area contributed by atoms with Gasteiger partial charge in [0, 0.05) is 13.1 Å². The van der Waals surface area contributed by atoms with Gasteiger partial charge < -0.3 is 14.8 Å². The Hall–Kier alpha value is -1.80. The molecule has 0 aliphatic carbocycles. The molecule has 0 radical (unpaired) electrons. The zero-order valence-electron chi connectivity index (χ0n) is 11.2. The highest BCUT2D eigenvalue weighted by Gasteiger charge is 2.67. The highest BCUT2D eigenvalue weighted by molar-refractivity contribution is 7.86. The molecule has 0 saturated carbocycles. The topological polar surface area (TPSA) is 119 Å². The summed E-state index contributed by atoms with van der Waals surface area (Å²) in [5.41, 5.74) is 0. The molecule has 134 valence electrons. The number of nitrogens with one attached hydrogen (secondary N) is 1. The Balaban J connectivity index is 5.90. The first-order valence-corrected chi connectivity index (χ1v) is 6.71. The Morgan fingerprint density at radius 3 is 2.04 bits per heavy atom. The molecule has 1 atom stereocenters. The smallest absolute Gasteiger partial charge is 0.412 e. The summed E-state index contributed by atoms with van der Waals surface area (Å²) < 4.78 is 101. The van der Waals surface area contributed by atoms with Gasteiger partial charge >= 0.3 is 39.2 Å². The van der Waals surface area contributed by atoms with Crippen LogP contribution in [0.5, 0.6) is 0 Å². The van der Waals surface area contributed by atoms with E-state index in [0.29, 0.717) is 7.05 Å². The van der Waals surface area contributed by atoms with Crippen molar-refractivity contribution in [2.45, 2.75) is 17.2 Å². The quantitative estimate of drug-likeness (QED) is 0.216. The van der Waals surface area contributed by atoms with Crippen LogP contribution >= 0.6 is 0 Å². The lowest BCUT2D eigenvalue weighted by Crippen LogP contribution is -2.62. The summed E-state index contributed by atoms with van der Waals surface area (Å²) in [6.07, 6.45) is -5.70. The number of hydrogen-bond donors (Lipinski definition) is 2. The molecule has 23 heavy (non-hydrogen) atoms. The monoisotopic (exact) mass is 371 g/mol. The maximum atomic E-state index is 13.0. The van der Waals surface area contributed by atoms with Gasteiger partial charge in [0.05, 0.1) is 0 Å². The predicted molar refractivity (Wildman–Crippen MR) is 61.6 cm³/mol. The predicted octanol–water partition coefficient (Wildman–Crippen LogP) is 0.217. The fraction of sp³-hybridized carbons (Fsp3) is 0.556. The summed E-state index contributed by atoms with van der Waals surface area (Å²) in [5, 5.41) is -3.85. The van der Waals surface area contributed by atoms with Crippen molar-refractivity contribution in [2.24, 2.45) is 0 Å². The van der Waals surface area contributed by atoms with Crippen molar-refractivity contribution in [3.05, 3.63) is 12.7 Å². The highest BCUT2D eigenvalue weighted by atomic mass is 32.2. The summed E-state index contributed by atoms with van der Waals surface area (Å²) in [5.74, 6) is -8.69. The zero-order valence-corrected chi connectivity index (χ0v) is 12.0. The summed E-state index contributed by atoms with van der Waals surface area (Å²) in [7, 11) is -5.52. The van der Waals surface area contributed by atoms with Crippen LogP contribution in [0.15, 0.2) is 12.7 Å². The lowest BCUT2D eigenvalue weighted by atomic mass is 10.2. The first-order chi connectivity index (χ1) is 10.1. The largest absolute Gasteiger partial charge is 0.466 e. The van der Waals surface area contributed by atoms with Crippen molar-refractivity contribution in [3.63, 3.8) is 0 Å². The van der Waals surface area contributed by atoms with Crippen LogP contribution in [0.2, 0.25) is 0 Å². The van der Waals surface area contributed by atoms with Crippen LogP contribution in [-0.2, 0) is 29.2 Å². The maximum Gasteiger partial charge on any atom is 0.466 e. The van der Waals surface area contributed by atoms with E-state index in [1.807, 2.05) is 0 Å². The molecule has 2 N–H and O–H groups in total. The lowest BCUT2D eigenvalue weighted by Gasteiger charge is -2.33. The van der Waals surface area contributed by atoms with Crippen molar-refractivity contribution in [2.75, 3.05) is 13.7 Å². The molecule has 8 nitrogen and oxygen atoms in total. The van der Waals surface area contributed by atoms with Crippen LogP contribution in [0.4, 0.5) is 22.0 Å². The highest BCUT2D eigenvalue weighted by Crippen LogP contribution is 2.37. The number of carbonyl (C=O) groups excluding carboxylic acids is 2. The van der Waals surface area contributed by atoms with Gasteiger partial charge in [-0.1, -0.05) is 6.58 Å². The Morgan fingerprint density at radius 2 is 1.74 bits per heavy atom. The standard InChI is InChI=1S/C9H10F5NO7S/c1-3-5(16)22-8(6(17)15-2,9(12,13)14)21-4-7(10,11)23(18,19)20/h3H,1,4H2,2H3,(H,15,17)(H,18,19,20). The Morgan fingerprint density at radius 1 is 1.26 bits per heavy atom. The van der Waals surface area contributed by atoms with E-state index >= 15 is 0 Å². The molecule has 0 aliphatic heterocycles. The van der Waals surface area contributed by atoms with E-state index in [-0.39, 0.29) is 6.08 Å². The van der Waals surface area contributed by atoms with E-state index in [0.717, 1.165) is 0 Å². The number of alkyl halides is 5. The minimum Gasteiger partial charge on any atom is -0.412 e. The van der Waals surface area contributed by atoms with Crippen LogP contribution in [0, 0.1) is 0 Å². The molecular formula is C9H10F5NO7S. The van der Waals surface area contributed by atoms with E-state index < -0.39 is 45.8 Å². The van der Waals surface area contributed by atoms with Crippen LogP contribution < -0.4 is 5.32 Å². The van der Waals surface area contributed by atoms with E-state index in [2.05, 4.69) is 16.1 Å². The average molecular weight is 371 g/mol. The van der Waals surface area contributed by atoms with Gasteiger partial charge in [0.25, 0.3) is 0 Å². The second kappa shape index (κ2) is 6.76. The van der Waals surface area contributed by atoms with Gasteiger partial charge in [0.2, 0.25) is 0 Å². The Kier molecular flexibility index (Phi) is 6.23. The van der Waals surface area contributed by atoms with Crippen molar-refractivity contribution >= 4 is 22.0 Å². The van der Waals surface area contributed by atoms with Gasteiger partial charge in [0.15, 0.2) is 0 Å². The van der Waals surface area contributed by atoms with E-state index in [9.17, 15) is 40.0 Å². The molecule has 0 bridgehead atoms. The second-order valence-electron chi connectivity index (χ2n) is 3.72. The molecule has 1 unspecified atom stereocenters. The molecule has 0 heterocycles. The van der Waals surface area contributed by atoms with Crippen LogP contribution in [0.1, 0.15) is 0 Å². The summed E-state index contributed by atoms with van der Waals surface area (Å²) in [6.45, 7) is 0.111. The molecule has 0 aliphatic rings. The molecule has 0 fully saturated rings. The molecule has 0 rings (SSSR count). The number of halogens is 5. The lowest BCUT2D eigenvalue weighted by molar-refractivity contribution is -0.352.